The number of carbonyl (C=O) groups is 2. The maximum absolute atomic E-state index is 12.8. The molecular weight excluding hydrogens is 348 g/mol. The van der Waals surface area contributed by atoms with Crippen molar-refractivity contribution < 1.29 is 27.5 Å². The Morgan fingerprint density at radius 1 is 1.20 bits per heavy atom. The van der Waals surface area contributed by atoms with Crippen molar-refractivity contribution in [3.8, 4) is 0 Å². The molecule has 3 heterocycles. The number of carbonyl (C=O) groups excluding carboxylic acids is 1. The zero-order chi connectivity index (χ0) is 18.2. The van der Waals surface area contributed by atoms with Crippen molar-refractivity contribution >= 4 is 21.9 Å². The predicted molar refractivity (Wildman–Crippen MR) is 87.5 cm³/mol. The molecule has 0 saturated carbocycles. The van der Waals surface area contributed by atoms with Gasteiger partial charge < -0.3 is 14.4 Å². The number of hydrogen-bond donors (Lipinski definition) is 1. The number of rotatable bonds is 4. The molecule has 1 atom stereocenters. The maximum Gasteiger partial charge on any atom is 0.371 e. The van der Waals surface area contributed by atoms with Crippen molar-refractivity contribution in [2.45, 2.75) is 36.8 Å². The smallest absolute Gasteiger partial charge is 0.371 e. The molecule has 0 bridgehead atoms. The molecule has 25 heavy (non-hydrogen) atoms. The van der Waals surface area contributed by atoms with E-state index in [1.54, 1.807) is 4.90 Å². The molecule has 136 valence electrons. The fraction of sp³-hybridized carbons (Fsp3) is 0.500. The normalized spacial score (nSPS) is 22.3. The first-order valence-electron chi connectivity index (χ1n) is 8.11. The van der Waals surface area contributed by atoms with Crippen LogP contribution in [-0.4, -0.2) is 60.3 Å². The summed E-state index contributed by atoms with van der Waals surface area (Å²) in [5.41, 5.74) is 1.09. The quantitative estimate of drug-likeness (QED) is 0.803. The third-order valence-electron chi connectivity index (χ3n) is 4.63. The third-order valence-corrected chi connectivity index (χ3v) is 6.41. The molecule has 8 nitrogen and oxygen atoms in total. The average molecular weight is 368 g/mol. The number of carboxylic acids is 1. The molecule has 0 aliphatic carbocycles. The molecule has 1 N–H and O–H groups in total. The minimum absolute atomic E-state index is 0.210. The van der Waals surface area contributed by atoms with Crippen LogP contribution in [0.2, 0.25) is 0 Å². The van der Waals surface area contributed by atoms with Crippen molar-refractivity contribution in [3.63, 3.8) is 0 Å². The highest BCUT2D eigenvalue weighted by atomic mass is 32.2. The predicted octanol–water partition coefficient (Wildman–Crippen LogP) is 1.31. The van der Waals surface area contributed by atoms with Crippen molar-refractivity contribution in [1.82, 2.24) is 9.21 Å². The first kappa shape index (κ1) is 17.7. The fourth-order valence-electron chi connectivity index (χ4n) is 3.22. The van der Waals surface area contributed by atoms with Gasteiger partial charge in [0.1, 0.15) is 6.04 Å². The number of piperidine rings is 1. The van der Waals surface area contributed by atoms with Crippen LogP contribution in [0.15, 0.2) is 33.8 Å². The minimum atomic E-state index is -4.06. The summed E-state index contributed by atoms with van der Waals surface area (Å²) >= 11 is 0. The number of aromatic carboxylic acids is 1. The van der Waals surface area contributed by atoms with Crippen LogP contribution in [0.1, 0.15) is 36.2 Å². The Bertz CT molecular complexity index is 802. The summed E-state index contributed by atoms with van der Waals surface area (Å²) in [4.78, 5) is 25.4. The highest BCUT2D eigenvalue weighted by Crippen LogP contribution is 2.29. The molecule has 1 amide bonds. The van der Waals surface area contributed by atoms with E-state index in [0.29, 0.717) is 25.9 Å². The highest BCUT2D eigenvalue weighted by Gasteiger charge is 2.42. The Morgan fingerprint density at radius 3 is 2.48 bits per heavy atom. The van der Waals surface area contributed by atoms with Gasteiger partial charge in [0.2, 0.25) is 16.8 Å². The van der Waals surface area contributed by atoms with Gasteiger partial charge in [-0.1, -0.05) is 12.2 Å². The lowest BCUT2D eigenvalue weighted by atomic mass is 10.0. The van der Waals surface area contributed by atoms with E-state index in [0.717, 1.165) is 34.9 Å². The molecule has 1 aromatic rings. The van der Waals surface area contributed by atoms with Crippen LogP contribution < -0.4 is 0 Å². The molecule has 2 fully saturated rings. The van der Waals surface area contributed by atoms with Gasteiger partial charge in [-0.05, 0) is 37.8 Å². The molecule has 9 heteroatoms. The summed E-state index contributed by atoms with van der Waals surface area (Å²) in [6.45, 7) is 5.22. The molecule has 3 rings (SSSR count). The fourth-order valence-corrected chi connectivity index (χ4v) is 4.78. The number of furan rings is 1. The lowest BCUT2D eigenvalue weighted by Crippen LogP contribution is -2.49. The molecule has 1 aromatic heterocycles. The zero-order valence-electron chi connectivity index (χ0n) is 13.7. The minimum Gasteiger partial charge on any atom is -0.475 e. The Balaban J connectivity index is 1.81. The van der Waals surface area contributed by atoms with E-state index in [1.165, 1.54) is 0 Å². The molecule has 2 aliphatic heterocycles. The van der Waals surface area contributed by atoms with E-state index >= 15 is 0 Å². The Hall–Kier alpha value is -2.13. The van der Waals surface area contributed by atoms with Crippen LogP contribution in [0.25, 0.3) is 0 Å². The topological polar surface area (TPSA) is 108 Å². The van der Waals surface area contributed by atoms with Gasteiger partial charge in [-0.2, -0.15) is 4.31 Å². The second kappa shape index (κ2) is 6.64. The van der Waals surface area contributed by atoms with Crippen LogP contribution >= 0.6 is 0 Å². The Kier molecular flexibility index (Phi) is 4.70. The Morgan fingerprint density at radius 2 is 1.88 bits per heavy atom. The zero-order valence-corrected chi connectivity index (χ0v) is 14.5. The lowest BCUT2D eigenvalue weighted by Gasteiger charge is -2.32. The van der Waals surface area contributed by atoms with E-state index in [1.807, 2.05) is 0 Å². The first-order valence-corrected chi connectivity index (χ1v) is 9.55. The monoisotopic (exact) mass is 368 g/mol. The van der Waals surface area contributed by atoms with Crippen molar-refractivity contribution in [2.75, 3.05) is 19.6 Å². The summed E-state index contributed by atoms with van der Waals surface area (Å²) < 4.78 is 31.6. The van der Waals surface area contributed by atoms with Crippen molar-refractivity contribution in [2.24, 2.45) is 0 Å². The van der Waals surface area contributed by atoms with Crippen LogP contribution in [0, 0.1) is 0 Å². The molecule has 0 radical (unpaired) electrons. The third kappa shape index (κ3) is 3.34. The molecule has 2 aliphatic rings. The van der Waals surface area contributed by atoms with E-state index in [4.69, 9.17) is 9.52 Å². The molecule has 0 spiro atoms. The van der Waals surface area contributed by atoms with Gasteiger partial charge in [0, 0.05) is 19.6 Å². The summed E-state index contributed by atoms with van der Waals surface area (Å²) in [6.07, 6.45) is 2.47. The number of amides is 1. The number of hydrogen-bond acceptors (Lipinski definition) is 5. The second-order valence-electron chi connectivity index (χ2n) is 6.27. The second-order valence-corrected chi connectivity index (χ2v) is 8.09. The van der Waals surface area contributed by atoms with Crippen LogP contribution in [0.5, 0.6) is 0 Å². The van der Waals surface area contributed by atoms with E-state index in [9.17, 15) is 18.0 Å². The number of sulfonamides is 1. The summed E-state index contributed by atoms with van der Waals surface area (Å²) in [6, 6.07) is 1.44. The van der Waals surface area contributed by atoms with E-state index in [-0.39, 0.29) is 12.5 Å². The summed E-state index contributed by atoms with van der Waals surface area (Å²) in [5.74, 6) is -2.00. The standard InChI is InChI=1S/C16H20N2O6S/c1-11-6-9-17(10-7-11)15(19)12-3-2-8-18(12)25(22,23)14-5-4-13(24-14)16(20)21/h4-5,12H,1-3,6-10H2,(H,20,21). The van der Waals surface area contributed by atoms with E-state index < -0.39 is 32.9 Å². The van der Waals surface area contributed by atoms with Crippen LogP contribution in [-0.2, 0) is 14.8 Å². The van der Waals surface area contributed by atoms with Crippen molar-refractivity contribution in [1.29, 1.82) is 0 Å². The molecule has 2 saturated heterocycles. The molecular formula is C16H20N2O6S. The number of carboxylic acid groups (broad SMARTS) is 1. The van der Waals surface area contributed by atoms with E-state index in [2.05, 4.69) is 6.58 Å². The van der Waals surface area contributed by atoms with Crippen LogP contribution in [0.3, 0.4) is 0 Å². The average Bonchev–Trinajstić information content (AvgIpc) is 3.25. The summed E-state index contributed by atoms with van der Waals surface area (Å²) in [7, 11) is -4.06. The van der Waals surface area contributed by atoms with Gasteiger partial charge >= 0.3 is 5.97 Å². The van der Waals surface area contributed by atoms with Gasteiger partial charge in [0.15, 0.2) is 0 Å². The highest BCUT2D eigenvalue weighted by molar-refractivity contribution is 7.89. The molecule has 0 aromatic carbocycles. The number of nitrogens with zero attached hydrogens (tertiary/aromatic N) is 2. The van der Waals surface area contributed by atoms with Crippen LogP contribution in [0.4, 0.5) is 0 Å². The lowest BCUT2D eigenvalue weighted by molar-refractivity contribution is -0.135. The number of likely N-dealkylation sites (tertiary alicyclic amines) is 1. The maximum atomic E-state index is 12.8. The first-order chi connectivity index (χ1) is 11.8. The van der Waals surface area contributed by atoms with Gasteiger partial charge in [0.05, 0.1) is 0 Å². The Labute approximate surface area is 145 Å². The molecule has 1 unspecified atom stereocenters. The SMILES string of the molecule is C=C1CCN(C(=O)C2CCCN2S(=O)(=O)c2ccc(C(=O)O)o2)CC1. The largest absolute Gasteiger partial charge is 0.475 e. The van der Waals surface area contributed by atoms with Gasteiger partial charge in [-0.25, -0.2) is 13.2 Å². The van der Waals surface area contributed by atoms with Crippen molar-refractivity contribution in [3.05, 3.63) is 30.0 Å². The van der Waals surface area contributed by atoms with Gasteiger partial charge in [-0.3, -0.25) is 4.79 Å². The summed E-state index contributed by atoms with van der Waals surface area (Å²) in [5, 5.41) is 8.44. The van der Waals surface area contributed by atoms with Gasteiger partial charge in [-0.15, -0.1) is 0 Å². The van der Waals surface area contributed by atoms with Gasteiger partial charge in [0.25, 0.3) is 10.0 Å².